The largest absolute Gasteiger partial charge is 0.378 e. The molecule has 0 spiro atoms. The lowest BCUT2D eigenvalue weighted by Gasteiger charge is -2.27. The van der Waals surface area contributed by atoms with Crippen LogP contribution >= 0.6 is 46.4 Å². The molecule has 1 unspecified atom stereocenters. The van der Waals surface area contributed by atoms with Crippen LogP contribution in [0.4, 0.5) is 0 Å². The molecular weight excluding hydrogens is 454 g/mol. The first-order valence-electron chi connectivity index (χ1n) is 9.39. The maximum absolute atomic E-state index is 12.9. The zero-order valence-electron chi connectivity index (χ0n) is 15.9. The van der Waals surface area contributed by atoms with E-state index < -0.39 is 0 Å². The molecule has 4 nitrogen and oxygen atoms in total. The number of alkyl halides is 1. The van der Waals surface area contributed by atoms with Crippen molar-refractivity contribution in [3.63, 3.8) is 0 Å². The standard InChI is InChI=1S/C21H20Cl4N2O2/c1-26-13(10-15-18(24)8-12(22)9-19(15)26)11-16-17(23)3-2-14(20(16)25)21(28)27-4-6-29-7-5-27/h2-3,9-10,18H,4-8,11H2,1H3. The number of aromatic nitrogens is 1. The fourth-order valence-electron chi connectivity index (χ4n) is 3.83. The number of carbonyl (C=O) groups excluding carboxylic acids is 1. The Bertz CT molecular complexity index is 993. The zero-order chi connectivity index (χ0) is 20.7. The van der Waals surface area contributed by atoms with Crippen LogP contribution in [0.3, 0.4) is 0 Å². The Balaban J connectivity index is 1.68. The lowest BCUT2D eigenvalue weighted by Crippen LogP contribution is -2.40. The topological polar surface area (TPSA) is 34.5 Å². The second kappa shape index (κ2) is 8.52. The van der Waals surface area contributed by atoms with Crippen molar-refractivity contribution in [2.45, 2.75) is 18.2 Å². The average Bonchev–Trinajstić information content (AvgIpc) is 3.01. The minimum absolute atomic E-state index is 0.0991. The number of nitrogens with zero attached hydrogens (tertiary/aromatic N) is 2. The molecule has 0 bridgehead atoms. The molecule has 0 N–H and O–H groups in total. The second-order valence-corrected chi connectivity index (χ2v) is 9.06. The molecule has 29 heavy (non-hydrogen) atoms. The van der Waals surface area contributed by atoms with Crippen molar-refractivity contribution in [1.29, 1.82) is 0 Å². The van der Waals surface area contributed by atoms with Crippen LogP contribution in [0.2, 0.25) is 10.0 Å². The highest BCUT2D eigenvalue weighted by Crippen LogP contribution is 2.40. The quantitative estimate of drug-likeness (QED) is 0.539. The first kappa shape index (κ1) is 21.1. The molecule has 1 atom stereocenters. The Kier molecular flexibility index (Phi) is 6.19. The average molecular weight is 474 g/mol. The first-order chi connectivity index (χ1) is 13.9. The van der Waals surface area contributed by atoms with Gasteiger partial charge in [0.05, 0.1) is 29.2 Å². The summed E-state index contributed by atoms with van der Waals surface area (Å²) in [5, 5.41) is 1.50. The summed E-state index contributed by atoms with van der Waals surface area (Å²) in [5.41, 5.74) is 4.23. The molecule has 1 aromatic heterocycles. The summed E-state index contributed by atoms with van der Waals surface area (Å²) in [5.74, 6) is -0.0991. The summed E-state index contributed by atoms with van der Waals surface area (Å²) in [6.45, 7) is 2.19. The van der Waals surface area contributed by atoms with Gasteiger partial charge in [-0.3, -0.25) is 4.79 Å². The van der Waals surface area contributed by atoms with Gasteiger partial charge in [0.2, 0.25) is 0 Å². The van der Waals surface area contributed by atoms with Gasteiger partial charge in [0.1, 0.15) is 0 Å². The number of ether oxygens (including phenoxy) is 1. The molecule has 154 valence electrons. The predicted molar refractivity (Wildman–Crippen MR) is 118 cm³/mol. The van der Waals surface area contributed by atoms with Crippen LogP contribution < -0.4 is 0 Å². The van der Waals surface area contributed by atoms with Gasteiger partial charge < -0.3 is 14.2 Å². The molecule has 1 aromatic carbocycles. The smallest absolute Gasteiger partial charge is 0.255 e. The van der Waals surface area contributed by atoms with Crippen LogP contribution in [-0.2, 0) is 18.2 Å². The Morgan fingerprint density at radius 3 is 2.66 bits per heavy atom. The monoisotopic (exact) mass is 472 g/mol. The van der Waals surface area contributed by atoms with Gasteiger partial charge in [-0.1, -0.05) is 34.8 Å². The van der Waals surface area contributed by atoms with Crippen molar-refractivity contribution in [1.82, 2.24) is 9.47 Å². The molecule has 1 fully saturated rings. The van der Waals surface area contributed by atoms with Gasteiger partial charge in [-0.2, -0.15) is 0 Å². The number of fused-ring (bicyclic) bond motifs is 1. The molecule has 1 saturated heterocycles. The highest BCUT2D eigenvalue weighted by molar-refractivity contribution is 6.38. The third-order valence-corrected chi connectivity index (χ3v) is 6.93. The Labute approximate surface area is 189 Å². The van der Waals surface area contributed by atoms with Crippen LogP contribution in [0.1, 0.15) is 44.7 Å². The van der Waals surface area contributed by atoms with E-state index in [1.165, 1.54) is 0 Å². The molecule has 1 amide bonds. The van der Waals surface area contributed by atoms with Gasteiger partial charge >= 0.3 is 0 Å². The summed E-state index contributed by atoms with van der Waals surface area (Å²) in [6.07, 6.45) is 3.05. The number of rotatable bonds is 3. The number of amides is 1. The normalized spacial score (nSPS) is 19.1. The van der Waals surface area contributed by atoms with Crippen LogP contribution in [0.25, 0.3) is 6.08 Å². The van der Waals surface area contributed by atoms with Crippen LogP contribution in [-0.4, -0.2) is 41.7 Å². The molecule has 1 aliphatic heterocycles. The summed E-state index contributed by atoms with van der Waals surface area (Å²) in [4.78, 5) is 14.7. The van der Waals surface area contributed by atoms with Crippen molar-refractivity contribution in [2.24, 2.45) is 7.05 Å². The van der Waals surface area contributed by atoms with Gasteiger partial charge in [0, 0.05) is 54.4 Å². The molecular formula is C21H20Cl4N2O2. The Morgan fingerprint density at radius 1 is 1.21 bits per heavy atom. The van der Waals surface area contributed by atoms with Crippen LogP contribution in [0.5, 0.6) is 0 Å². The number of halogens is 4. The van der Waals surface area contributed by atoms with E-state index in [1.807, 2.05) is 13.1 Å². The first-order valence-corrected chi connectivity index (χ1v) is 11.0. The molecule has 2 heterocycles. The minimum atomic E-state index is -0.164. The van der Waals surface area contributed by atoms with Crippen molar-refractivity contribution in [3.05, 3.63) is 61.4 Å². The summed E-state index contributed by atoms with van der Waals surface area (Å²) in [6, 6.07) is 5.50. The van der Waals surface area contributed by atoms with E-state index in [9.17, 15) is 4.79 Å². The summed E-state index contributed by atoms with van der Waals surface area (Å²) < 4.78 is 7.38. The molecule has 0 radical (unpaired) electrons. The van der Waals surface area contributed by atoms with Gasteiger partial charge in [-0.25, -0.2) is 0 Å². The van der Waals surface area contributed by atoms with E-state index in [2.05, 4.69) is 10.6 Å². The van der Waals surface area contributed by atoms with Crippen molar-refractivity contribution < 1.29 is 9.53 Å². The lowest BCUT2D eigenvalue weighted by molar-refractivity contribution is 0.0303. The minimum Gasteiger partial charge on any atom is -0.378 e. The van der Waals surface area contributed by atoms with Gasteiger partial charge in [-0.05, 0) is 35.4 Å². The van der Waals surface area contributed by atoms with Crippen molar-refractivity contribution >= 4 is 58.4 Å². The third kappa shape index (κ3) is 4.06. The highest BCUT2D eigenvalue weighted by atomic mass is 35.5. The van der Waals surface area contributed by atoms with E-state index in [-0.39, 0.29) is 11.3 Å². The third-order valence-electron chi connectivity index (χ3n) is 5.49. The highest BCUT2D eigenvalue weighted by Gasteiger charge is 2.26. The second-order valence-electron chi connectivity index (χ2n) is 7.27. The van der Waals surface area contributed by atoms with Crippen molar-refractivity contribution in [2.75, 3.05) is 26.3 Å². The van der Waals surface area contributed by atoms with Gasteiger partial charge in [0.25, 0.3) is 5.91 Å². The SMILES string of the molecule is Cn1c(Cc2c(Cl)ccc(C(=O)N3CCOCC3)c2Cl)cc2c1C=C(Cl)CC2Cl. The number of hydrogen-bond acceptors (Lipinski definition) is 2. The van der Waals surface area contributed by atoms with E-state index in [0.29, 0.717) is 54.8 Å². The molecule has 2 aromatic rings. The van der Waals surface area contributed by atoms with E-state index >= 15 is 0 Å². The molecule has 2 aliphatic rings. The number of benzene rings is 1. The van der Waals surface area contributed by atoms with Gasteiger partial charge in [0.15, 0.2) is 0 Å². The number of hydrogen-bond donors (Lipinski definition) is 0. The zero-order valence-corrected chi connectivity index (χ0v) is 18.9. The fourth-order valence-corrected chi connectivity index (χ4v) is 5.09. The Morgan fingerprint density at radius 2 is 1.93 bits per heavy atom. The summed E-state index contributed by atoms with van der Waals surface area (Å²) >= 11 is 25.9. The van der Waals surface area contributed by atoms with E-state index in [1.54, 1.807) is 17.0 Å². The molecule has 0 saturated carbocycles. The lowest BCUT2D eigenvalue weighted by atomic mass is 10.0. The number of allylic oxidation sites excluding steroid dienone is 1. The predicted octanol–water partition coefficient (Wildman–Crippen LogP) is 5.66. The van der Waals surface area contributed by atoms with E-state index in [4.69, 9.17) is 51.1 Å². The van der Waals surface area contributed by atoms with Crippen LogP contribution in [0.15, 0.2) is 23.2 Å². The van der Waals surface area contributed by atoms with E-state index in [0.717, 1.165) is 27.5 Å². The Hall–Kier alpha value is -1.17. The number of carbonyl (C=O) groups is 1. The maximum Gasteiger partial charge on any atom is 0.255 e. The van der Waals surface area contributed by atoms with Crippen LogP contribution in [0, 0.1) is 0 Å². The van der Waals surface area contributed by atoms with Gasteiger partial charge in [-0.15, -0.1) is 11.6 Å². The summed E-state index contributed by atoms with van der Waals surface area (Å²) in [7, 11) is 1.97. The molecule has 8 heteroatoms. The maximum atomic E-state index is 12.9. The molecule has 4 rings (SSSR count). The molecule has 1 aliphatic carbocycles. The fraction of sp³-hybridized carbons (Fsp3) is 0.381. The number of morpholine rings is 1. The van der Waals surface area contributed by atoms with Crippen molar-refractivity contribution in [3.8, 4) is 0 Å².